The highest BCUT2D eigenvalue weighted by molar-refractivity contribution is 5.94. The van der Waals surface area contributed by atoms with Crippen molar-refractivity contribution in [3.05, 3.63) is 36.9 Å². The van der Waals surface area contributed by atoms with E-state index in [4.69, 9.17) is 4.74 Å². The summed E-state index contributed by atoms with van der Waals surface area (Å²) < 4.78 is 7.33. The summed E-state index contributed by atoms with van der Waals surface area (Å²) in [5.74, 6) is 0.507. The topological polar surface area (TPSA) is 85.2 Å². The van der Waals surface area contributed by atoms with Gasteiger partial charge in [0, 0.05) is 49.2 Å². The number of nitrogens with zero attached hydrogens (tertiary/aromatic N) is 5. The van der Waals surface area contributed by atoms with Gasteiger partial charge in [-0.2, -0.15) is 5.10 Å². The van der Waals surface area contributed by atoms with E-state index < -0.39 is 0 Å². The first kappa shape index (κ1) is 16.3. The Morgan fingerprint density at radius 1 is 1.26 bits per heavy atom. The Morgan fingerprint density at radius 3 is 2.89 bits per heavy atom. The smallest absolute Gasteiger partial charge is 0.239 e. The molecule has 0 unspecified atom stereocenters. The normalized spacial score (nSPS) is 21.8. The molecule has 1 N–H and O–H groups in total. The highest BCUT2D eigenvalue weighted by Gasteiger charge is 2.39. The second-order valence-electron chi connectivity index (χ2n) is 7.21. The molecule has 2 fully saturated rings. The van der Waals surface area contributed by atoms with Crippen molar-refractivity contribution < 1.29 is 9.53 Å². The van der Waals surface area contributed by atoms with E-state index in [0.29, 0.717) is 24.5 Å². The van der Waals surface area contributed by atoms with Crippen LogP contribution in [-0.4, -0.2) is 62.4 Å². The van der Waals surface area contributed by atoms with Crippen LogP contribution in [0.3, 0.4) is 0 Å². The molecule has 2 bridgehead atoms. The van der Waals surface area contributed by atoms with Gasteiger partial charge in [0.2, 0.25) is 5.91 Å². The zero-order valence-electron chi connectivity index (χ0n) is 15.0. The molecule has 0 aliphatic carbocycles. The van der Waals surface area contributed by atoms with Gasteiger partial charge in [0.05, 0.1) is 31.1 Å². The van der Waals surface area contributed by atoms with Crippen LogP contribution in [0.25, 0.3) is 22.0 Å². The van der Waals surface area contributed by atoms with Gasteiger partial charge in [0.15, 0.2) is 0 Å². The van der Waals surface area contributed by atoms with Crippen LogP contribution in [0.1, 0.15) is 6.42 Å². The van der Waals surface area contributed by atoms with Crippen molar-refractivity contribution in [2.45, 2.75) is 18.6 Å². The van der Waals surface area contributed by atoms with Gasteiger partial charge in [-0.15, -0.1) is 0 Å². The number of aryl methyl sites for hydroxylation is 1. The third kappa shape index (κ3) is 3.17. The molecule has 0 saturated carbocycles. The molecule has 1 amide bonds. The number of hydrogen-bond acceptors (Lipinski definition) is 6. The lowest BCUT2D eigenvalue weighted by molar-refractivity contribution is -0.118. The molecule has 0 aromatic carbocycles. The number of amides is 1. The summed E-state index contributed by atoms with van der Waals surface area (Å²) in [6.07, 6.45) is 8.55. The van der Waals surface area contributed by atoms with Gasteiger partial charge < -0.3 is 10.1 Å². The van der Waals surface area contributed by atoms with Crippen LogP contribution < -0.4 is 5.32 Å². The lowest BCUT2D eigenvalue weighted by Gasteiger charge is -2.25. The number of carbonyl (C=O) groups excluding carboxylic acids is 1. The molecule has 5 heterocycles. The molecule has 27 heavy (non-hydrogen) atoms. The highest BCUT2D eigenvalue weighted by Crippen LogP contribution is 2.27. The molecular weight excluding hydrogens is 344 g/mol. The van der Waals surface area contributed by atoms with Gasteiger partial charge in [-0.3, -0.25) is 19.4 Å². The van der Waals surface area contributed by atoms with E-state index in [1.54, 1.807) is 23.3 Å². The monoisotopic (exact) mass is 364 g/mol. The van der Waals surface area contributed by atoms with Crippen molar-refractivity contribution in [2.24, 2.45) is 7.05 Å². The zero-order valence-corrected chi connectivity index (χ0v) is 15.0. The Morgan fingerprint density at radius 2 is 2.15 bits per heavy atom. The van der Waals surface area contributed by atoms with Gasteiger partial charge in [-0.05, 0) is 23.9 Å². The number of fused-ring (bicyclic) bond motifs is 3. The fourth-order valence-corrected chi connectivity index (χ4v) is 3.86. The molecule has 8 nitrogen and oxygen atoms in total. The molecule has 2 saturated heterocycles. The van der Waals surface area contributed by atoms with E-state index in [9.17, 15) is 4.79 Å². The predicted octanol–water partition coefficient (Wildman–Crippen LogP) is 1.44. The second-order valence-corrected chi connectivity index (χ2v) is 7.21. The Balaban J connectivity index is 1.33. The Kier molecular flexibility index (Phi) is 3.87. The summed E-state index contributed by atoms with van der Waals surface area (Å²) >= 11 is 0. The minimum Gasteiger partial charge on any atom is -0.375 e. The number of anilines is 1. The van der Waals surface area contributed by atoms with Crippen LogP contribution in [0.4, 0.5) is 5.82 Å². The van der Waals surface area contributed by atoms with Crippen LogP contribution in [0.2, 0.25) is 0 Å². The molecule has 5 rings (SSSR count). The average Bonchev–Trinajstić information content (AvgIpc) is 3.38. The summed E-state index contributed by atoms with van der Waals surface area (Å²) in [4.78, 5) is 23.4. The molecule has 0 spiro atoms. The van der Waals surface area contributed by atoms with Gasteiger partial charge in [-0.25, -0.2) is 4.98 Å². The first-order chi connectivity index (χ1) is 13.1. The number of hydrogen-bond donors (Lipinski definition) is 1. The van der Waals surface area contributed by atoms with Crippen LogP contribution in [0.15, 0.2) is 36.9 Å². The van der Waals surface area contributed by atoms with Crippen LogP contribution in [0.5, 0.6) is 0 Å². The summed E-state index contributed by atoms with van der Waals surface area (Å²) in [5, 5.41) is 9.00. The van der Waals surface area contributed by atoms with Crippen molar-refractivity contribution >= 4 is 22.5 Å². The highest BCUT2D eigenvalue weighted by atomic mass is 16.5. The molecule has 8 heteroatoms. The molecule has 3 aromatic rings. The van der Waals surface area contributed by atoms with Crippen LogP contribution in [0, 0.1) is 0 Å². The van der Waals surface area contributed by atoms with Gasteiger partial charge >= 0.3 is 0 Å². The number of rotatable bonds is 4. The average molecular weight is 364 g/mol. The van der Waals surface area contributed by atoms with Crippen molar-refractivity contribution in [3.63, 3.8) is 0 Å². The summed E-state index contributed by atoms with van der Waals surface area (Å²) in [6, 6.07) is 4.24. The number of nitrogens with one attached hydrogen (secondary N) is 1. The van der Waals surface area contributed by atoms with Crippen molar-refractivity contribution in [2.75, 3.05) is 25.0 Å². The number of pyridine rings is 2. The Labute approximate surface area is 156 Å². The number of likely N-dealkylation sites (tertiary alicyclic amines) is 1. The number of morpholine rings is 1. The van der Waals surface area contributed by atoms with Gasteiger partial charge in [-0.1, -0.05) is 0 Å². The third-order valence-corrected chi connectivity index (χ3v) is 5.23. The SMILES string of the molecule is Cn1cc(-c2cc3cc(NC(=O)CN4C[C@H]5C[C@@H]4CO5)ncc3cn2)cn1. The maximum atomic E-state index is 12.4. The van der Waals surface area contributed by atoms with E-state index in [1.807, 2.05) is 25.4 Å². The summed E-state index contributed by atoms with van der Waals surface area (Å²) in [6.45, 7) is 1.95. The van der Waals surface area contributed by atoms with Crippen LogP contribution in [-0.2, 0) is 16.6 Å². The van der Waals surface area contributed by atoms with E-state index in [2.05, 4.69) is 25.3 Å². The molecule has 2 atom stereocenters. The standard InChI is InChI=1S/C19H20N6O2/c1-24-8-14(7-22-24)17-2-12-3-18(21-6-13(12)5-20-17)23-19(26)10-25-9-16-4-15(25)11-27-16/h2-3,5-8,15-16H,4,9-11H2,1H3,(H,21,23,26)/t15-,16-/m1/s1. The maximum Gasteiger partial charge on any atom is 0.239 e. The molecule has 2 aliphatic heterocycles. The molecule has 138 valence electrons. The lowest BCUT2D eigenvalue weighted by Crippen LogP contribution is -2.41. The van der Waals surface area contributed by atoms with Crippen molar-refractivity contribution in [1.29, 1.82) is 0 Å². The molecule has 0 radical (unpaired) electrons. The number of ether oxygens (including phenoxy) is 1. The number of carbonyl (C=O) groups is 1. The van der Waals surface area contributed by atoms with Gasteiger partial charge in [0.25, 0.3) is 0 Å². The maximum absolute atomic E-state index is 12.4. The largest absolute Gasteiger partial charge is 0.375 e. The zero-order chi connectivity index (χ0) is 18.4. The summed E-state index contributed by atoms with van der Waals surface area (Å²) in [7, 11) is 1.88. The molecular formula is C19H20N6O2. The van der Waals surface area contributed by atoms with E-state index in [0.717, 1.165) is 41.6 Å². The third-order valence-electron chi connectivity index (χ3n) is 5.23. The van der Waals surface area contributed by atoms with Crippen LogP contribution >= 0.6 is 0 Å². The van der Waals surface area contributed by atoms with E-state index in [-0.39, 0.29) is 5.91 Å². The number of aromatic nitrogens is 4. The van der Waals surface area contributed by atoms with Crippen molar-refractivity contribution in [3.8, 4) is 11.3 Å². The fraction of sp³-hybridized carbons (Fsp3) is 0.368. The fourth-order valence-electron chi connectivity index (χ4n) is 3.86. The Hall–Kier alpha value is -2.84. The minimum absolute atomic E-state index is 0.0454. The quantitative estimate of drug-likeness (QED) is 0.754. The first-order valence-corrected chi connectivity index (χ1v) is 9.04. The lowest BCUT2D eigenvalue weighted by atomic mass is 10.1. The predicted molar refractivity (Wildman–Crippen MR) is 100 cm³/mol. The minimum atomic E-state index is -0.0454. The summed E-state index contributed by atoms with van der Waals surface area (Å²) in [5.41, 5.74) is 1.79. The van der Waals surface area contributed by atoms with E-state index >= 15 is 0 Å². The Bertz CT molecular complexity index is 1020. The molecule has 3 aromatic heterocycles. The first-order valence-electron chi connectivity index (χ1n) is 9.04. The van der Waals surface area contributed by atoms with Gasteiger partial charge in [0.1, 0.15) is 5.82 Å². The second kappa shape index (κ2) is 6.40. The molecule has 2 aliphatic rings. The van der Waals surface area contributed by atoms with E-state index in [1.165, 1.54) is 0 Å². The van der Waals surface area contributed by atoms with Crippen molar-refractivity contribution in [1.82, 2.24) is 24.6 Å².